The van der Waals surface area contributed by atoms with Crippen molar-refractivity contribution in [3.63, 3.8) is 0 Å². The lowest BCUT2D eigenvalue weighted by atomic mass is 10.0. The summed E-state index contributed by atoms with van der Waals surface area (Å²) < 4.78 is 27.5. The van der Waals surface area contributed by atoms with Gasteiger partial charge in [0.15, 0.2) is 0 Å². The molecule has 0 atom stereocenters. The van der Waals surface area contributed by atoms with Gasteiger partial charge in [0.2, 0.25) is 9.84 Å². The molecule has 0 aliphatic carbocycles. The minimum absolute atomic E-state index is 0.213. The summed E-state index contributed by atoms with van der Waals surface area (Å²) in [6.45, 7) is 0. The van der Waals surface area contributed by atoms with Crippen molar-refractivity contribution in [1.29, 1.82) is 0 Å². The molecule has 4 aromatic rings. The topological polar surface area (TPSA) is 47.0 Å². The van der Waals surface area contributed by atoms with E-state index in [9.17, 15) is 8.42 Å². The average Bonchev–Trinajstić information content (AvgIpc) is 2.68. The first-order chi connectivity index (χ1) is 12.6. The van der Waals surface area contributed by atoms with Crippen molar-refractivity contribution in [2.75, 3.05) is 0 Å². The van der Waals surface area contributed by atoms with Crippen LogP contribution < -0.4 is 0 Å². The van der Waals surface area contributed by atoms with Gasteiger partial charge in [-0.25, -0.2) is 8.42 Å². The second kappa shape index (κ2) is 6.67. The molecule has 0 amide bonds. The normalized spacial score (nSPS) is 11.6. The summed E-state index contributed by atoms with van der Waals surface area (Å²) in [4.78, 5) is 4.86. The Morgan fingerprint density at radius 3 is 2.15 bits per heavy atom. The molecule has 1 heterocycles. The summed E-state index contributed by atoms with van der Waals surface area (Å²) in [7, 11) is -3.69. The molecule has 128 valence electrons. The summed E-state index contributed by atoms with van der Waals surface area (Å²) in [5.74, 6) is 0. The lowest BCUT2D eigenvalue weighted by Crippen LogP contribution is -2.05. The predicted octanol–water partition coefficient (Wildman–Crippen LogP) is 5.50. The van der Waals surface area contributed by atoms with Gasteiger partial charge in [0, 0.05) is 21.6 Å². The fraction of sp³-hybridized carbons (Fsp3) is 0. The highest BCUT2D eigenvalue weighted by atomic mass is 79.9. The van der Waals surface area contributed by atoms with Gasteiger partial charge in [-0.05, 0) is 35.9 Å². The van der Waals surface area contributed by atoms with E-state index in [1.165, 1.54) is 6.20 Å². The Labute approximate surface area is 160 Å². The predicted molar refractivity (Wildman–Crippen MR) is 107 cm³/mol. The number of aromatic nitrogens is 1. The van der Waals surface area contributed by atoms with E-state index in [-0.39, 0.29) is 9.79 Å². The zero-order chi connectivity index (χ0) is 18.1. The molecule has 0 bridgehead atoms. The molecule has 0 aliphatic heterocycles. The summed E-state index contributed by atoms with van der Waals surface area (Å²) in [6.07, 6.45) is 1.46. The Balaban J connectivity index is 2.07. The van der Waals surface area contributed by atoms with E-state index in [4.69, 9.17) is 0 Å². The van der Waals surface area contributed by atoms with Crippen LogP contribution in [-0.2, 0) is 9.84 Å². The van der Waals surface area contributed by atoms with Crippen LogP contribution in [0, 0.1) is 0 Å². The Bertz CT molecular complexity index is 1190. The van der Waals surface area contributed by atoms with Crippen LogP contribution in [0.2, 0.25) is 0 Å². The number of halogens is 1. The average molecular weight is 424 g/mol. The van der Waals surface area contributed by atoms with Gasteiger partial charge < -0.3 is 0 Å². The molecule has 26 heavy (non-hydrogen) atoms. The van der Waals surface area contributed by atoms with Crippen LogP contribution in [0.25, 0.3) is 22.0 Å². The van der Waals surface area contributed by atoms with Crippen LogP contribution in [0.4, 0.5) is 0 Å². The molecule has 0 N–H and O–H groups in total. The maximum atomic E-state index is 13.3. The first-order valence-electron chi connectivity index (χ1n) is 8.01. The van der Waals surface area contributed by atoms with Crippen LogP contribution in [0.15, 0.2) is 99.3 Å². The standard InChI is InChI=1S/C21H14BrNO2S/c22-16-12-10-15(11-13-16)21-18-8-4-5-9-19(18)23-14-20(21)26(24,25)17-6-2-1-3-7-17/h1-14H. The Morgan fingerprint density at radius 1 is 0.769 bits per heavy atom. The van der Waals surface area contributed by atoms with Crippen molar-refractivity contribution >= 4 is 36.7 Å². The van der Waals surface area contributed by atoms with Gasteiger partial charge in [0.1, 0.15) is 0 Å². The van der Waals surface area contributed by atoms with E-state index < -0.39 is 9.84 Å². The third-order valence-electron chi connectivity index (χ3n) is 4.22. The van der Waals surface area contributed by atoms with Gasteiger partial charge in [-0.3, -0.25) is 4.98 Å². The number of rotatable bonds is 3. The van der Waals surface area contributed by atoms with Crippen molar-refractivity contribution in [2.24, 2.45) is 0 Å². The largest absolute Gasteiger partial charge is 0.255 e. The molecular weight excluding hydrogens is 410 g/mol. The Kier molecular flexibility index (Phi) is 4.34. The summed E-state index contributed by atoms with van der Waals surface area (Å²) in [5.41, 5.74) is 2.27. The van der Waals surface area contributed by atoms with E-state index in [1.807, 2.05) is 48.5 Å². The molecular formula is C21H14BrNO2S. The van der Waals surface area contributed by atoms with Crippen molar-refractivity contribution in [3.05, 3.63) is 89.5 Å². The molecule has 5 heteroatoms. The molecule has 0 unspecified atom stereocenters. The molecule has 1 aromatic heterocycles. The second-order valence-electron chi connectivity index (χ2n) is 5.84. The van der Waals surface area contributed by atoms with Gasteiger partial charge in [0.25, 0.3) is 0 Å². The summed E-state index contributed by atoms with van der Waals surface area (Å²) in [5, 5.41) is 0.812. The maximum Gasteiger partial charge on any atom is 0.208 e. The van der Waals surface area contributed by atoms with E-state index in [0.717, 1.165) is 20.9 Å². The Hall–Kier alpha value is -2.50. The van der Waals surface area contributed by atoms with Crippen LogP contribution in [0.3, 0.4) is 0 Å². The number of hydrogen-bond acceptors (Lipinski definition) is 3. The maximum absolute atomic E-state index is 13.3. The van der Waals surface area contributed by atoms with Gasteiger partial charge >= 0.3 is 0 Å². The third-order valence-corrected chi connectivity index (χ3v) is 6.53. The Morgan fingerprint density at radius 2 is 1.42 bits per heavy atom. The zero-order valence-corrected chi connectivity index (χ0v) is 16.0. The van der Waals surface area contributed by atoms with Crippen molar-refractivity contribution in [3.8, 4) is 11.1 Å². The molecule has 3 aromatic carbocycles. The van der Waals surface area contributed by atoms with Crippen molar-refractivity contribution < 1.29 is 8.42 Å². The molecule has 0 aliphatic rings. The number of sulfone groups is 1. The number of nitrogens with zero attached hydrogens (tertiary/aromatic N) is 1. The van der Waals surface area contributed by atoms with E-state index in [0.29, 0.717) is 5.56 Å². The highest BCUT2D eigenvalue weighted by molar-refractivity contribution is 9.10. The molecule has 3 nitrogen and oxygen atoms in total. The van der Waals surface area contributed by atoms with Crippen LogP contribution in [0.5, 0.6) is 0 Å². The van der Waals surface area contributed by atoms with Gasteiger partial charge in [0.05, 0.1) is 15.3 Å². The SMILES string of the molecule is O=S(=O)(c1ccccc1)c1cnc2ccccc2c1-c1ccc(Br)cc1. The number of pyridine rings is 1. The van der Waals surface area contributed by atoms with Gasteiger partial charge in [-0.15, -0.1) is 0 Å². The highest BCUT2D eigenvalue weighted by Crippen LogP contribution is 2.36. The van der Waals surface area contributed by atoms with E-state index in [1.54, 1.807) is 30.3 Å². The molecule has 0 saturated carbocycles. The first-order valence-corrected chi connectivity index (χ1v) is 10.3. The third kappa shape index (κ3) is 2.93. The lowest BCUT2D eigenvalue weighted by Gasteiger charge is -2.14. The molecule has 0 fully saturated rings. The summed E-state index contributed by atoms with van der Waals surface area (Å²) in [6, 6.07) is 23.7. The van der Waals surface area contributed by atoms with Crippen molar-refractivity contribution in [1.82, 2.24) is 4.98 Å². The highest BCUT2D eigenvalue weighted by Gasteiger charge is 2.24. The molecule has 0 radical (unpaired) electrons. The number of fused-ring (bicyclic) bond motifs is 1. The summed E-state index contributed by atoms with van der Waals surface area (Å²) >= 11 is 3.43. The molecule has 4 rings (SSSR count). The van der Waals surface area contributed by atoms with Crippen LogP contribution in [-0.4, -0.2) is 13.4 Å². The molecule has 0 saturated heterocycles. The van der Waals surface area contributed by atoms with Crippen molar-refractivity contribution in [2.45, 2.75) is 9.79 Å². The van der Waals surface area contributed by atoms with Gasteiger partial charge in [-0.1, -0.05) is 64.5 Å². The number of benzene rings is 3. The van der Waals surface area contributed by atoms with Gasteiger partial charge in [-0.2, -0.15) is 0 Å². The number of hydrogen-bond donors (Lipinski definition) is 0. The lowest BCUT2D eigenvalue weighted by molar-refractivity contribution is 0.596. The van der Waals surface area contributed by atoms with Crippen LogP contribution >= 0.6 is 15.9 Å². The molecule has 0 spiro atoms. The smallest absolute Gasteiger partial charge is 0.208 e. The van der Waals surface area contributed by atoms with Crippen LogP contribution in [0.1, 0.15) is 0 Å². The first kappa shape index (κ1) is 16.9. The zero-order valence-electron chi connectivity index (χ0n) is 13.6. The quantitative estimate of drug-likeness (QED) is 0.437. The van der Waals surface area contributed by atoms with E-state index >= 15 is 0 Å². The minimum atomic E-state index is -3.69. The fourth-order valence-electron chi connectivity index (χ4n) is 2.97. The number of para-hydroxylation sites is 1. The minimum Gasteiger partial charge on any atom is -0.255 e. The fourth-order valence-corrected chi connectivity index (χ4v) is 4.69. The monoisotopic (exact) mass is 423 g/mol. The second-order valence-corrected chi connectivity index (χ2v) is 8.67. The van der Waals surface area contributed by atoms with E-state index in [2.05, 4.69) is 20.9 Å².